The molecule has 3 N–H and O–H groups in total. The zero-order valence-electron chi connectivity index (χ0n) is 22.3. The number of ether oxygens (including phenoxy) is 3. The fraction of sp³-hybridized carbons (Fsp3) is 0.630. The zero-order chi connectivity index (χ0) is 27.5. The van der Waals surface area contributed by atoms with E-state index >= 15 is 0 Å². The number of hydrogen-bond acceptors (Lipinski definition) is 8. The molecule has 2 aliphatic rings. The van der Waals surface area contributed by atoms with Crippen LogP contribution in [0, 0.1) is 11.3 Å². The average molecular weight is 534 g/mol. The van der Waals surface area contributed by atoms with Crippen LogP contribution >= 0.6 is 0 Å². The SMILES string of the molecule is CCOC(=O)C1(CC2CC2)CNC(=O)CCCN(CC(=O)O)CCNC(=O)COc2cc(ccc2OC)C1. The third-order valence-electron chi connectivity index (χ3n) is 6.83. The molecule has 0 spiro atoms. The number of aliphatic carboxylic acids is 1. The molecule has 3 rings (SSSR count). The van der Waals surface area contributed by atoms with Crippen molar-refractivity contribution in [2.75, 3.05) is 53.0 Å². The predicted octanol–water partition coefficient (Wildman–Crippen LogP) is 1.38. The molecule has 210 valence electrons. The van der Waals surface area contributed by atoms with Crippen LogP contribution in [-0.2, 0) is 30.3 Å². The summed E-state index contributed by atoms with van der Waals surface area (Å²) in [4.78, 5) is 51.5. The third-order valence-corrected chi connectivity index (χ3v) is 6.83. The molecule has 0 saturated heterocycles. The number of carbonyl (C=O) groups is 4. The summed E-state index contributed by atoms with van der Waals surface area (Å²) in [6.45, 7) is 2.59. The Kier molecular flexibility index (Phi) is 10.8. The minimum absolute atomic E-state index is 0.130. The van der Waals surface area contributed by atoms with Crippen molar-refractivity contribution in [2.24, 2.45) is 11.3 Å². The van der Waals surface area contributed by atoms with Crippen LogP contribution in [0.15, 0.2) is 18.2 Å². The number of nitrogens with zero attached hydrogens (tertiary/aromatic N) is 1. The van der Waals surface area contributed by atoms with Gasteiger partial charge in [-0.05, 0) is 56.3 Å². The maximum Gasteiger partial charge on any atom is 0.317 e. The lowest BCUT2D eigenvalue weighted by atomic mass is 9.76. The van der Waals surface area contributed by atoms with Gasteiger partial charge < -0.3 is 30.0 Å². The number of benzene rings is 1. The number of methoxy groups -OCH3 is 1. The van der Waals surface area contributed by atoms with E-state index < -0.39 is 11.4 Å². The van der Waals surface area contributed by atoms with E-state index in [1.807, 2.05) is 6.07 Å². The van der Waals surface area contributed by atoms with E-state index in [1.165, 1.54) is 7.11 Å². The van der Waals surface area contributed by atoms with E-state index in [4.69, 9.17) is 14.2 Å². The second-order valence-corrected chi connectivity index (χ2v) is 10.00. The first-order valence-corrected chi connectivity index (χ1v) is 13.2. The fourth-order valence-electron chi connectivity index (χ4n) is 4.76. The molecule has 0 aromatic heterocycles. The highest BCUT2D eigenvalue weighted by Crippen LogP contribution is 2.43. The molecular weight excluding hydrogens is 494 g/mol. The van der Waals surface area contributed by atoms with Gasteiger partial charge in [0.05, 0.1) is 25.7 Å². The largest absolute Gasteiger partial charge is 0.493 e. The Morgan fingerprint density at radius 1 is 1.18 bits per heavy atom. The van der Waals surface area contributed by atoms with Crippen molar-refractivity contribution < 1.29 is 38.5 Å². The molecule has 1 unspecified atom stereocenters. The van der Waals surface area contributed by atoms with Gasteiger partial charge in [0.25, 0.3) is 5.91 Å². The van der Waals surface area contributed by atoms with Gasteiger partial charge in [0.2, 0.25) is 5.91 Å². The summed E-state index contributed by atoms with van der Waals surface area (Å²) in [7, 11) is 1.50. The Labute approximate surface area is 223 Å². The quantitative estimate of drug-likeness (QED) is 0.443. The van der Waals surface area contributed by atoms with Crippen molar-refractivity contribution in [3.8, 4) is 11.5 Å². The standard InChI is InChI=1S/C27H39N3O8/c1-3-37-26(35)27(14-19-6-7-19)15-20-8-9-21(36-2)22(13-20)38-17-24(32)28-10-12-30(16-25(33)34)11-4-5-23(31)29-18-27/h8-9,13,19H,3-7,10-12,14-18H2,1-2H3,(H,28,32)(H,29,31)(H,33,34). The first kappa shape index (κ1) is 29.2. The van der Waals surface area contributed by atoms with E-state index in [2.05, 4.69) is 10.6 Å². The minimum Gasteiger partial charge on any atom is -0.493 e. The first-order chi connectivity index (χ1) is 18.2. The summed E-state index contributed by atoms with van der Waals surface area (Å²) in [5, 5.41) is 14.9. The maximum atomic E-state index is 13.4. The van der Waals surface area contributed by atoms with E-state index in [0.717, 1.165) is 18.4 Å². The molecule has 11 nitrogen and oxygen atoms in total. The molecule has 2 bridgehead atoms. The van der Waals surface area contributed by atoms with Gasteiger partial charge in [-0.1, -0.05) is 18.9 Å². The van der Waals surface area contributed by atoms with E-state index in [-0.39, 0.29) is 57.1 Å². The Balaban J connectivity index is 1.90. The van der Waals surface area contributed by atoms with Gasteiger partial charge >= 0.3 is 11.9 Å². The van der Waals surface area contributed by atoms with Crippen molar-refractivity contribution in [3.05, 3.63) is 23.8 Å². The molecule has 1 aromatic carbocycles. The van der Waals surface area contributed by atoms with Crippen LogP contribution in [0.25, 0.3) is 0 Å². The van der Waals surface area contributed by atoms with Crippen molar-refractivity contribution in [1.29, 1.82) is 0 Å². The normalized spacial score (nSPS) is 22.2. The Morgan fingerprint density at radius 2 is 1.97 bits per heavy atom. The summed E-state index contributed by atoms with van der Waals surface area (Å²) in [5.41, 5.74) is -0.161. The molecule has 0 radical (unpaired) electrons. The van der Waals surface area contributed by atoms with Crippen LogP contribution in [-0.4, -0.2) is 86.8 Å². The number of carboxylic acid groups (broad SMARTS) is 1. The summed E-state index contributed by atoms with van der Waals surface area (Å²) >= 11 is 0. The van der Waals surface area contributed by atoms with Gasteiger partial charge in [-0.3, -0.25) is 24.1 Å². The molecule has 1 aliphatic carbocycles. The highest BCUT2D eigenvalue weighted by atomic mass is 16.5. The van der Waals surface area contributed by atoms with Crippen molar-refractivity contribution in [2.45, 2.75) is 45.4 Å². The zero-order valence-corrected chi connectivity index (χ0v) is 22.3. The number of amides is 2. The van der Waals surface area contributed by atoms with E-state index in [1.54, 1.807) is 24.0 Å². The second-order valence-electron chi connectivity index (χ2n) is 10.00. The number of carbonyl (C=O) groups excluding carboxylic acids is 3. The van der Waals surface area contributed by atoms with Crippen LogP contribution in [0.1, 0.15) is 44.6 Å². The molecule has 11 heteroatoms. The number of carboxylic acids is 1. The summed E-state index contributed by atoms with van der Waals surface area (Å²) in [6.07, 6.45) is 3.59. The topological polar surface area (TPSA) is 144 Å². The summed E-state index contributed by atoms with van der Waals surface area (Å²) < 4.78 is 16.7. The lowest BCUT2D eigenvalue weighted by molar-refractivity contribution is -0.156. The van der Waals surface area contributed by atoms with Crippen LogP contribution in [0.2, 0.25) is 0 Å². The molecular formula is C27H39N3O8. The van der Waals surface area contributed by atoms with Gasteiger partial charge in [0.1, 0.15) is 0 Å². The molecule has 1 heterocycles. The number of rotatable bonds is 7. The molecule has 1 aliphatic heterocycles. The number of esters is 1. The van der Waals surface area contributed by atoms with Crippen LogP contribution < -0.4 is 20.1 Å². The summed E-state index contributed by atoms with van der Waals surface area (Å²) in [5.74, 6) is -0.718. The van der Waals surface area contributed by atoms with Gasteiger partial charge in [0.15, 0.2) is 18.1 Å². The van der Waals surface area contributed by atoms with Gasteiger partial charge in [0, 0.05) is 26.1 Å². The molecule has 1 aromatic rings. The second kappa shape index (κ2) is 14.0. The highest BCUT2D eigenvalue weighted by molar-refractivity contribution is 5.81. The number of fused-ring (bicyclic) bond motifs is 2. The lowest BCUT2D eigenvalue weighted by Gasteiger charge is -2.32. The van der Waals surface area contributed by atoms with Crippen LogP contribution in [0.4, 0.5) is 0 Å². The Hall–Kier alpha value is -3.34. The van der Waals surface area contributed by atoms with Crippen molar-refractivity contribution in [1.82, 2.24) is 15.5 Å². The van der Waals surface area contributed by atoms with Gasteiger partial charge in [-0.15, -0.1) is 0 Å². The third kappa shape index (κ3) is 8.90. The first-order valence-electron chi connectivity index (χ1n) is 13.2. The van der Waals surface area contributed by atoms with Crippen molar-refractivity contribution >= 4 is 23.8 Å². The van der Waals surface area contributed by atoms with Crippen molar-refractivity contribution in [3.63, 3.8) is 0 Å². The molecule has 1 atom stereocenters. The predicted molar refractivity (Wildman–Crippen MR) is 138 cm³/mol. The number of nitrogens with one attached hydrogen (secondary N) is 2. The van der Waals surface area contributed by atoms with E-state index in [0.29, 0.717) is 49.8 Å². The molecule has 1 fully saturated rings. The van der Waals surface area contributed by atoms with E-state index in [9.17, 15) is 24.3 Å². The minimum atomic E-state index is -0.988. The smallest absolute Gasteiger partial charge is 0.317 e. The van der Waals surface area contributed by atoms with Gasteiger partial charge in [-0.25, -0.2) is 0 Å². The molecule has 2 amide bonds. The Morgan fingerprint density at radius 3 is 2.66 bits per heavy atom. The summed E-state index contributed by atoms with van der Waals surface area (Å²) in [6, 6.07) is 5.34. The lowest BCUT2D eigenvalue weighted by Crippen LogP contribution is -2.46. The fourth-order valence-corrected chi connectivity index (χ4v) is 4.76. The highest BCUT2D eigenvalue weighted by Gasteiger charge is 2.44. The Bertz CT molecular complexity index is 997. The average Bonchev–Trinajstić information content (AvgIpc) is 3.69. The maximum absolute atomic E-state index is 13.4. The van der Waals surface area contributed by atoms with Crippen LogP contribution in [0.5, 0.6) is 11.5 Å². The number of hydrogen-bond donors (Lipinski definition) is 3. The van der Waals surface area contributed by atoms with Gasteiger partial charge in [-0.2, -0.15) is 0 Å². The monoisotopic (exact) mass is 533 g/mol. The molecule has 38 heavy (non-hydrogen) atoms. The van der Waals surface area contributed by atoms with Crippen LogP contribution in [0.3, 0.4) is 0 Å². The molecule has 1 saturated carbocycles.